The second-order valence-electron chi connectivity index (χ2n) is 3.83. The molecule has 2 heterocycles. The molecule has 0 bridgehead atoms. The predicted molar refractivity (Wildman–Crippen MR) is 64.8 cm³/mol. The molecule has 0 atom stereocenters. The highest BCUT2D eigenvalue weighted by Gasteiger charge is 2.31. The largest absolute Gasteiger partial charge is 0.462 e. The van der Waals surface area contributed by atoms with E-state index in [1.807, 2.05) is 0 Å². The number of hydrogen-bond donors (Lipinski definition) is 0. The lowest BCUT2D eigenvalue weighted by Gasteiger charge is -2.08. The predicted octanol–water partition coefficient (Wildman–Crippen LogP) is 0.934. The summed E-state index contributed by atoms with van der Waals surface area (Å²) >= 11 is 1.08. The summed E-state index contributed by atoms with van der Waals surface area (Å²) in [4.78, 5) is 40.2. The molecule has 96 valence electrons. The van der Waals surface area contributed by atoms with Gasteiger partial charge in [-0.15, -0.1) is 0 Å². The van der Waals surface area contributed by atoms with Crippen LogP contribution in [0.2, 0.25) is 0 Å². The molecule has 18 heavy (non-hydrogen) atoms. The smallest absolute Gasteiger partial charge is 0.350 e. The summed E-state index contributed by atoms with van der Waals surface area (Å²) in [5, 5.41) is 0.381. The Morgan fingerprint density at radius 2 is 2.22 bits per heavy atom. The minimum Gasteiger partial charge on any atom is -0.462 e. The first kappa shape index (κ1) is 12.7. The van der Waals surface area contributed by atoms with Crippen LogP contribution >= 0.6 is 11.3 Å². The summed E-state index contributed by atoms with van der Waals surface area (Å²) in [6.45, 7) is 3.72. The fourth-order valence-corrected chi connectivity index (χ4v) is 2.62. The Kier molecular flexibility index (Phi) is 3.42. The van der Waals surface area contributed by atoms with Crippen LogP contribution in [0.4, 0.5) is 5.13 Å². The van der Waals surface area contributed by atoms with Gasteiger partial charge in [-0.25, -0.2) is 9.78 Å². The maximum absolute atomic E-state index is 11.6. The highest BCUT2D eigenvalue weighted by Crippen LogP contribution is 2.28. The van der Waals surface area contributed by atoms with Crippen LogP contribution in [0.1, 0.15) is 28.7 Å². The van der Waals surface area contributed by atoms with Gasteiger partial charge in [0, 0.05) is 0 Å². The van der Waals surface area contributed by atoms with Crippen molar-refractivity contribution in [3.05, 3.63) is 10.6 Å². The summed E-state index contributed by atoms with van der Waals surface area (Å²) in [7, 11) is 0. The monoisotopic (exact) mass is 268 g/mol. The van der Waals surface area contributed by atoms with Crippen molar-refractivity contribution in [3.63, 3.8) is 0 Å². The summed E-state index contributed by atoms with van der Waals surface area (Å²) < 4.78 is 4.89. The molecular formula is C11H12N2O4S. The summed E-state index contributed by atoms with van der Waals surface area (Å²) in [5.41, 5.74) is 0.514. The number of aryl methyl sites for hydroxylation is 1. The quantitative estimate of drug-likeness (QED) is 0.602. The molecule has 0 aromatic carbocycles. The van der Waals surface area contributed by atoms with Crippen molar-refractivity contribution in [2.75, 3.05) is 18.1 Å². The van der Waals surface area contributed by atoms with E-state index in [2.05, 4.69) is 4.98 Å². The molecule has 7 heteroatoms. The van der Waals surface area contributed by atoms with E-state index < -0.39 is 5.97 Å². The standard InChI is InChI=1S/C11H12N2O4S/c1-3-17-10(16)9-6(2)12-11(18-9)13-5-7(14)4-8(13)15/h3-5H2,1-2H3. The zero-order valence-electron chi connectivity index (χ0n) is 10.1. The Morgan fingerprint density at radius 1 is 1.50 bits per heavy atom. The van der Waals surface area contributed by atoms with Crippen LogP contribution in [-0.2, 0) is 14.3 Å². The van der Waals surface area contributed by atoms with Crippen LogP contribution in [0.5, 0.6) is 0 Å². The van der Waals surface area contributed by atoms with E-state index in [0.717, 1.165) is 11.3 Å². The molecule has 0 spiro atoms. The van der Waals surface area contributed by atoms with Crippen molar-refractivity contribution in [1.29, 1.82) is 0 Å². The van der Waals surface area contributed by atoms with Gasteiger partial charge >= 0.3 is 5.97 Å². The number of carbonyl (C=O) groups is 3. The molecule has 1 aromatic heterocycles. The first-order chi connectivity index (χ1) is 8.52. The molecule has 6 nitrogen and oxygen atoms in total. The molecule has 1 aliphatic rings. The third kappa shape index (κ3) is 2.26. The number of ether oxygens (including phenoxy) is 1. The molecule has 0 unspecified atom stereocenters. The Balaban J connectivity index is 2.26. The summed E-state index contributed by atoms with van der Waals surface area (Å²) in [5.74, 6) is -0.855. The van der Waals surface area contributed by atoms with Gasteiger partial charge in [-0.05, 0) is 13.8 Å². The average molecular weight is 268 g/mol. The van der Waals surface area contributed by atoms with E-state index in [9.17, 15) is 14.4 Å². The van der Waals surface area contributed by atoms with E-state index in [4.69, 9.17) is 4.74 Å². The average Bonchev–Trinajstić information content (AvgIpc) is 2.82. The first-order valence-electron chi connectivity index (χ1n) is 5.49. The van der Waals surface area contributed by atoms with E-state index >= 15 is 0 Å². The fraction of sp³-hybridized carbons (Fsp3) is 0.455. The van der Waals surface area contributed by atoms with Crippen LogP contribution < -0.4 is 4.90 Å². The second kappa shape index (κ2) is 4.85. The van der Waals surface area contributed by atoms with Crippen molar-refractivity contribution in [1.82, 2.24) is 4.98 Å². The number of esters is 1. The van der Waals surface area contributed by atoms with Gasteiger partial charge in [0.2, 0.25) is 5.91 Å². The lowest BCUT2D eigenvalue weighted by Crippen LogP contribution is -2.24. The SMILES string of the molecule is CCOC(=O)c1sc(N2CC(=O)CC2=O)nc1C. The van der Waals surface area contributed by atoms with E-state index in [1.54, 1.807) is 13.8 Å². The molecule has 1 aromatic rings. The molecule has 1 aliphatic heterocycles. The minimum absolute atomic E-state index is 0.0358. The lowest BCUT2D eigenvalue weighted by atomic mass is 10.3. The number of hydrogen-bond acceptors (Lipinski definition) is 6. The Bertz CT molecular complexity index is 523. The number of aromatic nitrogens is 1. The van der Waals surface area contributed by atoms with E-state index in [0.29, 0.717) is 15.7 Å². The van der Waals surface area contributed by atoms with Crippen molar-refractivity contribution >= 4 is 34.1 Å². The number of rotatable bonds is 3. The number of carbonyl (C=O) groups excluding carboxylic acids is 3. The van der Waals surface area contributed by atoms with Crippen LogP contribution in [0, 0.1) is 6.92 Å². The third-order valence-corrected chi connectivity index (χ3v) is 3.62. The van der Waals surface area contributed by atoms with E-state index in [-0.39, 0.29) is 31.3 Å². The molecule has 0 aliphatic carbocycles. The highest BCUT2D eigenvalue weighted by molar-refractivity contribution is 7.17. The van der Waals surface area contributed by atoms with Crippen LogP contribution in [0.3, 0.4) is 0 Å². The van der Waals surface area contributed by atoms with Crippen molar-refractivity contribution in [2.24, 2.45) is 0 Å². The van der Waals surface area contributed by atoms with Crippen molar-refractivity contribution < 1.29 is 19.1 Å². The minimum atomic E-state index is -0.447. The molecule has 0 radical (unpaired) electrons. The third-order valence-electron chi connectivity index (χ3n) is 2.46. The zero-order valence-corrected chi connectivity index (χ0v) is 10.9. The molecule has 1 amide bonds. The molecular weight excluding hydrogens is 256 g/mol. The normalized spacial score (nSPS) is 15.3. The van der Waals surface area contributed by atoms with Gasteiger partial charge in [0.1, 0.15) is 4.88 Å². The van der Waals surface area contributed by atoms with Crippen LogP contribution in [-0.4, -0.2) is 35.8 Å². The topological polar surface area (TPSA) is 76.6 Å². The second-order valence-corrected chi connectivity index (χ2v) is 4.80. The summed E-state index contributed by atoms with van der Waals surface area (Å²) in [6.07, 6.45) is -0.0899. The lowest BCUT2D eigenvalue weighted by molar-refractivity contribution is -0.121. The number of thiazole rings is 1. The van der Waals surface area contributed by atoms with Crippen LogP contribution in [0.15, 0.2) is 0 Å². The van der Waals surface area contributed by atoms with Gasteiger partial charge in [0.15, 0.2) is 10.9 Å². The fourth-order valence-electron chi connectivity index (χ4n) is 1.64. The van der Waals surface area contributed by atoms with E-state index in [1.165, 1.54) is 4.90 Å². The van der Waals surface area contributed by atoms with Crippen molar-refractivity contribution in [3.8, 4) is 0 Å². The maximum Gasteiger partial charge on any atom is 0.350 e. The number of anilines is 1. The molecule has 0 N–H and O–H groups in total. The molecule has 2 rings (SSSR count). The molecule has 0 saturated carbocycles. The van der Waals surface area contributed by atoms with Gasteiger partial charge in [0.25, 0.3) is 0 Å². The Morgan fingerprint density at radius 3 is 2.78 bits per heavy atom. The van der Waals surface area contributed by atoms with Gasteiger partial charge in [-0.1, -0.05) is 11.3 Å². The molecule has 1 saturated heterocycles. The maximum atomic E-state index is 11.6. The zero-order chi connectivity index (χ0) is 13.3. The number of nitrogens with zero attached hydrogens (tertiary/aromatic N) is 2. The summed E-state index contributed by atoms with van der Waals surface area (Å²) in [6, 6.07) is 0. The highest BCUT2D eigenvalue weighted by atomic mass is 32.1. The van der Waals surface area contributed by atoms with Gasteiger partial charge in [0.05, 0.1) is 25.3 Å². The van der Waals surface area contributed by atoms with Gasteiger partial charge in [-0.3, -0.25) is 14.5 Å². The number of ketones is 1. The first-order valence-corrected chi connectivity index (χ1v) is 6.31. The number of Topliss-reactive ketones (excluding diaryl/α,β-unsaturated/α-hetero) is 1. The Hall–Kier alpha value is -1.76. The molecule has 1 fully saturated rings. The number of amides is 1. The van der Waals surface area contributed by atoms with Crippen molar-refractivity contribution in [2.45, 2.75) is 20.3 Å². The van der Waals surface area contributed by atoms with Gasteiger partial charge < -0.3 is 4.74 Å². The van der Waals surface area contributed by atoms with Gasteiger partial charge in [-0.2, -0.15) is 0 Å². The Labute approximate surface area is 108 Å². The van der Waals surface area contributed by atoms with Crippen LogP contribution in [0.25, 0.3) is 0 Å².